The minimum Gasteiger partial charge on any atom is -0.497 e. The number of hydrogen-bond acceptors (Lipinski definition) is 4. The Kier molecular flexibility index (Phi) is 3.78. The fourth-order valence-electron chi connectivity index (χ4n) is 2.16. The highest BCUT2D eigenvalue weighted by molar-refractivity contribution is 14.1. The summed E-state index contributed by atoms with van der Waals surface area (Å²) in [6.45, 7) is 0. The number of anilines is 1. The second-order valence-electron chi connectivity index (χ2n) is 5.02. The Bertz CT molecular complexity index is 624. The standard InChI is InChI=1S/C15H16IN3O/c1-20-11-6-2-9(3-7-11)8-12-18-14(10-4-5-10)13(16)15(17)19-12/h2-3,6-7,10H,4-5,8H2,1H3,(H2,17,18,19). The molecular formula is C15H16IN3O. The van der Waals surface area contributed by atoms with Gasteiger partial charge < -0.3 is 10.5 Å². The maximum atomic E-state index is 6.01. The molecule has 104 valence electrons. The largest absolute Gasteiger partial charge is 0.497 e. The predicted octanol–water partition coefficient (Wildman–Crippen LogP) is 3.14. The van der Waals surface area contributed by atoms with E-state index < -0.39 is 0 Å². The minimum absolute atomic E-state index is 0.585. The van der Waals surface area contributed by atoms with Crippen molar-refractivity contribution in [2.24, 2.45) is 0 Å². The summed E-state index contributed by atoms with van der Waals surface area (Å²) >= 11 is 2.25. The Labute approximate surface area is 131 Å². The van der Waals surface area contributed by atoms with Gasteiger partial charge in [0.25, 0.3) is 0 Å². The van der Waals surface area contributed by atoms with E-state index in [1.165, 1.54) is 12.8 Å². The number of ether oxygens (including phenoxy) is 1. The average Bonchev–Trinajstić information content (AvgIpc) is 3.28. The highest BCUT2D eigenvalue weighted by Gasteiger charge is 2.28. The van der Waals surface area contributed by atoms with Crippen LogP contribution in [-0.4, -0.2) is 17.1 Å². The molecule has 0 atom stereocenters. The van der Waals surface area contributed by atoms with E-state index in [0.29, 0.717) is 18.2 Å². The van der Waals surface area contributed by atoms with Gasteiger partial charge in [-0.2, -0.15) is 0 Å². The average molecular weight is 381 g/mol. The van der Waals surface area contributed by atoms with Crippen LogP contribution >= 0.6 is 22.6 Å². The number of hydrogen-bond donors (Lipinski definition) is 1. The predicted molar refractivity (Wildman–Crippen MR) is 86.9 cm³/mol. The number of nitrogens with zero attached hydrogens (tertiary/aromatic N) is 2. The molecule has 0 bridgehead atoms. The summed E-state index contributed by atoms with van der Waals surface area (Å²) in [5.74, 6) is 2.85. The van der Waals surface area contributed by atoms with Gasteiger partial charge in [0.2, 0.25) is 0 Å². The normalized spacial score (nSPS) is 14.3. The molecule has 0 aliphatic heterocycles. The van der Waals surface area contributed by atoms with Gasteiger partial charge in [0.1, 0.15) is 17.4 Å². The number of benzene rings is 1. The van der Waals surface area contributed by atoms with E-state index in [4.69, 9.17) is 15.5 Å². The first kappa shape index (κ1) is 13.6. The van der Waals surface area contributed by atoms with Crippen LogP contribution in [-0.2, 0) is 6.42 Å². The van der Waals surface area contributed by atoms with Crippen LogP contribution < -0.4 is 10.5 Å². The van der Waals surface area contributed by atoms with Crippen molar-refractivity contribution in [3.05, 3.63) is 44.9 Å². The summed E-state index contributed by atoms with van der Waals surface area (Å²) in [6, 6.07) is 7.97. The Balaban J connectivity index is 1.86. The Hall–Kier alpha value is -1.37. The van der Waals surface area contributed by atoms with Crippen LogP contribution in [0.1, 0.15) is 35.8 Å². The topological polar surface area (TPSA) is 61.0 Å². The Morgan fingerprint density at radius 2 is 1.95 bits per heavy atom. The van der Waals surface area contributed by atoms with Crippen molar-refractivity contribution < 1.29 is 4.74 Å². The lowest BCUT2D eigenvalue weighted by atomic mass is 10.1. The fourth-order valence-corrected chi connectivity index (χ4v) is 2.85. The lowest BCUT2D eigenvalue weighted by molar-refractivity contribution is 0.414. The first-order chi connectivity index (χ1) is 9.67. The number of aromatic nitrogens is 2. The highest BCUT2D eigenvalue weighted by Crippen LogP contribution is 2.41. The number of nitrogens with two attached hydrogens (primary N) is 1. The molecule has 0 amide bonds. The number of rotatable bonds is 4. The molecule has 3 rings (SSSR count). The van der Waals surface area contributed by atoms with E-state index >= 15 is 0 Å². The van der Waals surface area contributed by atoms with Crippen molar-refractivity contribution in [1.29, 1.82) is 0 Å². The van der Waals surface area contributed by atoms with E-state index in [9.17, 15) is 0 Å². The smallest absolute Gasteiger partial charge is 0.140 e. The van der Waals surface area contributed by atoms with Crippen LogP contribution in [0, 0.1) is 3.57 Å². The molecule has 1 heterocycles. The number of methoxy groups -OCH3 is 1. The van der Waals surface area contributed by atoms with Crippen molar-refractivity contribution in [1.82, 2.24) is 9.97 Å². The van der Waals surface area contributed by atoms with Crippen molar-refractivity contribution in [2.45, 2.75) is 25.2 Å². The second kappa shape index (κ2) is 5.55. The summed E-state index contributed by atoms with van der Waals surface area (Å²) < 4.78 is 6.18. The van der Waals surface area contributed by atoms with Gasteiger partial charge >= 0.3 is 0 Å². The molecule has 1 aliphatic carbocycles. The SMILES string of the molecule is COc1ccc(Cc2nc(N)c(I)c(C3CC3)n2)cc1. The van der Waals surface area contributed by atoms with E-state index in [0.717, 1.165) is 26.4 Å². The van der Waals surface area contributed by atoms with E-state index in [1.807, 2.05) is 24.3 Å². The summed E-state index contributed by atoms with van der Waals surface area (Å²) in [7, 11) is 1.67. The van der Waals surface area contributed by atoms with Crippen LogP contribution in [0.5, 0.6) is 5.75 Å². The van der Waals surface area contributed by atoms with Gasteiger partial charge in [0, 0.05) is 12.3 Å². The van der Waals surface area contributed by atoms with E-state index in [2.05, 4.69) is 27.6 Å². The number of nitrogen functional groups attached to an aromatic ring is 1. The minimum atomic E-state index is 0.585. The third-order valence-corrected chi connectivity index (χ3v) is 4.54. The molecule has 5 heteroatoms. The maximum absolute atomic E-state index is 6.01. The van der Waals surface area contributed by atoms with Gasteiger partial charge in [-0.15, -0.1) is 0 Å². The molecule has 0 spiro atoms. The summed E-state index contributed by atoms with van der Waals surface area (Å²) in [5.41, 5.74) is 8.29. The molecular weight excluding hydrogens is 365 g/mol. The second-order valence-corrected chi connectivity index (χ2v) is 6.10. The molecule has 0 saturated heterocycles. The van der Waals surface area contributed by atoms with Crippen molar-refractivity contribution in [2.75, 3.05) is 12.8 Å². The molecule has 2 aromatic rings. The van der Waals surface area contributed by atoms with Crippen LogP contribution in [0.4, 0.5) is 5.82 Å². The lowest BCUT2D eigenvalue weighted by Crippen LogP contribution is -2.07. The van der Waals surface area contributed by atoms with Gasteiger partial charge in [-0.05, 0) is 53.1 Å². The van der Waals surface area contributed by atoms with Crippen LogP contribution in [0.3, 0.4) is 0 Å². The van der Waals surface area contributed by atoms with Gasteiger partial charge in [-0.3, -0.25) is 0 Å². The van der Waals surface area contributed by atoms with Gasteiger partial charge in [-0.25, -0.2) is 9.97 Å². The zero-order valence-corrected chi connectivity index (χ0v) is 13.4. The van der Waals surface area contributed by atoms with E-state index in [-0.39, 0.29) is 0 Å². The fraction of sp³-hybridized carbons (Fsp3) is 0.333. The van der Waals surface area contributed by atoms with Gasteiger partial charge in [-0.1, -0.05) is 12.1 Å². The maximum Gasteiger partial charge on any atom is 0.140 e. The van der Waals surface area contributed by atoms with Crippen molar-refractivity contribution in [3.63, 3.8) is 0 Å². The molecule has 1 aromatic carbocycles. The molecule has 2 N–H and O–H groups in total. The quantitative estimate of drug-likeness (QED) is 0.827. The molecule has 1 saturated carbocycles. The molecule has 1 fully saturated rings. The van der Waals surface area contributed by atoms with Crippen LogP contribution in [0.25, 0.3) is 0 Å². The van der Waals surface area contributed by atoms with Gasteiger partial charge in [0.15, 0.2) is 0 Å². The number of halogens is 1. The first-order valence-corrected chi connectivity index (χ1v) is 7.70. The Morgan fingerprint density at radius 1 is 1.25 bits per heavy atom. The Morgan fingerprint density at radius 3 is 2.55 bits per heavy atom. The molecule has 20 heavy (non-hydrogen) atoms. The molecule has 4 nitrogen and oxygen atoms in total. The first-order valence-electron chi connectivity index (χ1n) is 6.62. The third-order valence-electron chi connectivity index (χ3n) is 3.43. The van der Waals surface area contributed by atoms with Crippen molar-refractivity contribution in [3.8, 4) is 5.75 Å². The molecule has 0 unspecified atom stereocenters. The zero-order chi connectivity index (χ0) is 14.1. The highest BCUT2D eigenvalue weighted by atomic mass is 127. The summed E-state index contributed by atoms with van der Waals surface area (Å²) in [5, 5.41) is 0. The lowest BCUT2D eigenvalue weighted by Gasteiger charge is -2.08. The van der Waals surface area contributed by atoms with Gasteiger partial charge in [0.05, 0.1) is 16.4 Å². The summed E-state index contributed by atoms with van der Waals surface area (Å²) in [4.78, 5) is 9.11. The van der Waals surface area contributed by atoms with E-state index in [1.54, 1.807) is 7.11 Å². The summed E-state index contributed by atoms with van der Waals surface area (Å²) in [6.07, 6.45) is 3.13. The molecule has 0 radical (unpaired) electrons. The molecule has 1 aliphatic rings. The van der Waals surface area contributed by atoms with Crippen LogP contribution in [0.15, 0.2) is 24.3 Å². The third kappa shape index (κ3) is 2.87. The van der Waals surface area contributed by atoms with Crippen LogP contribution in [0.2, 0.25) is 0 Å². The monoisotopic (exact) mass is 381 g/mol. The zero-order valence-electron chi connectivity index (χ0n) is 11.3. The van der Waals surface area contributed by atoms with Crippen molar-refractivity contribution >= 4 is 28.4 Å². The molecule has 1 aromatic heterocycles.